The molecule has 0 saturated carbocycles. The van der Waals surface area contributed by atoms with Crippen LogP contribution in [0.5, 0.6) is 0 Å². The number of aryl methyl sites for hydroxylation is 1. The lowest BCUT2D eigenvalue weighted by Crippen LogP contribution is -2.44. The van der Waals surface area contributed by atoms with E-state index in [1.165, 1.54) is 4.31 Å². The van der Waals surface area contributed by atoms with Crippen LogP contribution in [0.4, 0.5) is 0 Å². The molecule has 6 heteroatoms. The van der Waals surface area contributed by atoms with Gasteiger partial charge in [0, 0.05) is 25.0 Å². The second kappa shape index (κ2) is 8.12. The maximum absolute atomic E-state index is 12.6. The molecule has 1 atom stereocenters. The van der Waals surface area contributed by atoms with E-state index < -0.39 is 10.0 Å². The molecular weight excluding hydrogens is 324 g/mol. The van der Waals surface area contributed by atoms with Crippen molar-refractivity contribution >= 4 is 15.9 Å². The molecule has 1 saturated heterocycles. The summed E-state index contributed by atoms with van der Waals surface area (Å²) in [4.78, 5) is 12.2. The zero-order valence-electron chi connectivity index (χ0n) is 14.8. The Balaban J connectivity index is 1.90. The van der Waals surface area contributed by atoms with Crippen LogP contribution >= 0.6 is 0 Å². The molecule has 1 unspecified atom stereocenters. The van der Waals surface area contributed by atoms with E-state index in [4.69, 9.17) is 0 Å². The first-order valence-corrected chi connectivity index (χ1v) is 10.3. The van der Waals surface area contributed by atoms with Gasteiger partial charge in [-0.2, -0.15) is 0 Å². The Hall–Kier alpha value is -1.40. The van der Waals surface area contributed by atoms with Crippen molar-refractivity contribution in [2.45, 2.75) is 51.8 Å². The molecule has 1 heterocycles. The Morgan fingerprint density at radius 3 is 2.38 bits per heavy atom. The molecule has 5 nitrogen and oxygen atoms in total. The number of carbonyl (C=O) groups excluding carboxylic acids is 1. The molecule has 0 bridgehead atoms. The van der Waals surface area contributed by atoms with Gasteiger partial charge in [-0.25, -0.2) is 12.7 Å². The number of sulfonamides is 1. The van der Waals surface area contributed by atoms with Gasteiger partial charge in [-0.1, -0.05) is 36.8 Å². The third kappa shape index (κ3) is 5.05. The van der Waals surface area contributed by atoms with Gasteiger partial charge >= 0.3 is 0 Å². The molecule has 0 spiro atoms. The Morgan fingerprint density at radius 1 is 1.25 bits per heavy atom. The molecule has 0 aliphatic carbocycles. The van der Waals surface area contributed by atoms with Gasteiger partial charge in [0.15, 0.2) is 0 Å². The topological polar surface area (TPSA) is 66.5 Å². The maximum atomic E-state index is 12.6. The lowest BCUT2D eigenvalue weighted by molar-refractivity contribution is -0.126. The fourth-order valence-electron chi connectivity index (χ4n) is 2.85. The van der Waals surface area contributed by atoms with Crippen LogP contribution in [0.2, 0.25) is 0 Å². The van der Waals surface area contributed by atoms with Gasteiger partial charge in [0.05, 0.1) is 5.75 Å². The maximum Gasteiger partial charge on any atom is 0.223 e. The minimum Gasteiger partial charge on any atom is -0.353 e. The van der Waals surface area contributed by atoms with Crippen LogP contribution < -0.4 is 5.32 Å². The molecule has 0 radical (unpaired) electrons. The lowest BCUT2D eigenvalue weighted by atomic mass is 9.97. The summed E-state index contributed by atoms with van der Waals surface area (Å²) in [5.41, 5.74) is 1.92. The van der Waals surface area contributed by atoms with Crippen LogP contribution in [0.15, 0.2) is 24.3 Å². The molecule has 2 rings (SSSR count). The van der Waals surface area contributed by atoms with Crippen LogP contribution in [0, 0.1) is 12.8 Å². The standard InChI is InChI=1S/C18H28N2O3S/c1-4-15(3)19-18(21)17-9-11-20(12-10-17)24(22,23)13-16-7-5-14(2)6-8-16/h5-8,15,17H,4,9-13H2,1-3H3,(H,19,21). The van der Waals surface area contributed by atoms with Crippen molar-refractivity contribution in [2.24, 2.45) is 5.92 Å². The van der Waals surface area contributed by atoms with Crippen molar-refractivity contribution in [3.05, 3.63) is 35.4 Å². The van der Waals surface area contributed by atoms with E-state index in [0.717, 1.165) is 17.5 Å². The molecular formula is C18H28N2O3S. The summed E-state index contributed by atoms with van der Waals surface area (Å²) in [6, 6.07) is 7.74. The summed E-state index contributed by atoms with van der Waals surface area (Å²) in [7, 11) is -3.32. The van der Waals surface area contributed by atoms with Gasteiger partial charge in [0.2, 0.25) is 15.9 Å². The second-order valence-corrected chi connectivity index (χ2v) is 8.70. The third-order valence-corrected chi connectivity index (χ3v) is 6.54. The van der Waals surface area contributed by atoms with Crippen LogP contribution in [0.3, 0.4) is 0 Å². The fraction of sp³-hybridized carbons (Fsp3) is 0.611. The van der Waals surface area contributed by atoms with Gasteiger partial charge in [-0.05, 0) is 38.7 Å². The molecule has 24 heavy (non-hydrogen) atoms. The first kappa shape index (κ1) is 18.9. The molecule has 1 N–H and O–H groups in total. The van der Waals surface area contributed by atoms with E-state index >= 15 is 0 Å². The Kier molecular flexibility index (Phi) is 6.40. The quantitative estimate of drug-likeness (QED) is 0.855. The van der Waals surface area contributed by atoms with E-state index in [0.29, 0.717) is 25.9 Å². The van der Waals surface area contributed by atoms with Crippen molar-refractivity contribution in [3.63, 3.8) is 0 Å². The highest BCUT2D eigenvalue weighted by atomic mass is 32.2. The monoisotopic (exact) mass is 352 g/mol. The van der Waals surface area contributed by atoms with Gasteiger partial charge < -0.3 is 5.32 Å². The number of amides is 1. The molecule has 1 aliphatic heterocycles. The number of hydrogen-bond acceptors (Lipinski definition) is 3. The summed E-state index contributed by atoms with van der Waals surface area (Å²) in [6.45, 7) is 6.84. The van der Waals surface area contributed by atoms with Crippen molar-refractivity contribution in [1.29, 1.82) is 0 Å². The molecule has 0 aromatic heterocycles. The fourth-order valence-corrected chi connectivity index (χ4v) is 4.41. The number of nitrogens with zero attached hydrogens (tertiary/aromatic N) is 1. The van der Waals surface area contributed by atoms with Crippen molar-refractivity contribution in [2.75, 3.05) is 13.1 Å². The number of rotatable bonds is 6. The number of piperidine rings is 1. The van der Waals surface area contributed by atoms with Gasteiger partial charge in [-0.15, -0.1) is 0 Å². The summed E-state index contributed by atoms with van der Waals surface area (Å²) in [6.07, 6.45) is 2.08. The zero-order chi connectivity index (χ0) is 17.7. The van der Waals surface area contributed by atoms with Crippen molar-refractivity contribution < 1.29 is 13.2 Å². The first-order valence-electron chi connectivity index (χ1n) is 8.65. The largest absolute Gasteiger partial charge is 0.353 e. The lowest BCUT2D eigenvalue weighted by Gasteiger charge is -2.31. The Bertz CT molecular complexity index is 647. The summed E-state index contributed by atoms with van der Waals surface area (Å²) in [5, 5.41) is 2.99. The first-order chi connectivity index (χ1) is 11.3. The molecule has 1 amide bonds. The van der Waals surface area contributed by atoms with Crippen LogP contribution in [-0.2, 0) is 20.6 Å². The summed E-state index contributed by atoms with van der Waals surface area (Å²) < 4.78 is 26.7. The predicted octanol–water partition coefficient (Wildman–Crippen LogP) is 2.45. The smallest absolute Gasteiger partial charge is 0.223 e. The number of benzene rings is 1. The van der Waals surface area contributed by atoms with Crippen LogP contribution in [0.25, 0.3) is 0 Å². The highest BCUT2D eigenvalue weighted by Gasteiger charge is 2.31. The third-order valence-electron chi connectivity index (χ3n) is 4.69. The van der Waals surface area contributed by atoms with Gasteiger partial charge in [0.1, 0.15) is 0 Å². The minimum atomic E-state index is -3.32. The van der Waals surface area contributed by atoms with E-state index in [-0.39, 0.29) is 23.6 Å². The van der Waals surface area contributed by atoms with Gasteiger partial charge in [-0.3, -0.25) is 4.79 Å². The summed E-state index contributed by atoms with van der Waals surface area (Å²) >= 11 is 0. The van der Waals surface area contributed by atoms with Crippen molar-refractivity contribution in [1.82, 2.24) is 9.62 Å². The minimum absolute atomic E-state index is 0.0248. The molecule has 134 valence electrons. The van der Waals surface area contributed by atoms with Crippen molar-refractivity contribution in [3.8, 4) is 0 Å². The number of nitrogens with one attached hydrogen (secondary N) is 1. The number of hydrogen-bond donors (Lipinski definition) is 1. The van der Waals surface area contributed by atoms with E-state index in [1.54, 1.807) is 0 Å². The zero-order valence-corrected chi connectivity index (χ0v) is 15.6. The normalized spacial score (nSPS) is 18.3. The summed E-state index contributed by atoms with van der Waals surface area (Å²) in [5.74, 6) is 0.00144. The molecule has 1 aromatic carbocycles. The second-order valence-electron chi connectivity index (χ2n) is 6.73. The average Bonchev–Trinajstić information content (AvgIpc) is 2.56. The van der Waals surface area contributed by atoms with Crippen LogP contribution in [-0.4, -0.2) is 37.8 Å². The van der Waals surface area contributed by atoms with Crippen LogP contribution in [0.1, 0.15) is 44.2 Å². The Morgan fingerprint density at radius 2 is 1.83 bits per heavy atom. The SMILES string of the molecule is CCC(C)NC(=O)C1CCN(S(=O)(=O)Cc2ccc(C)cc2)CC1. The van der Waals surface area contributed by atoms with E-state index in [1.807, 2.05) is 45.0 Å². The average molecular weight is 353 g/mol. The highest BCUT2D eigenvalue weighted by molar-refractivity contribution is 7.88. The highest BCUT2D eigenvalue weighted by Crippen LogP contribution is 2.22. The predicted molar refractivity (Wildman–Crippen MR) is 96.0 cm³/mol. The van der Waals surface area contributed by atoms with E-state index in [2.05, 4.69) is 5.32 Å². The molecule has 1 fully saturated rings. The van der Waals surface area contributed by atoms with E-state index in [9.17, 15) is 13.2 Å². The molecule has 1 aromatic rings. The Labute approximate surface area is 145 Å². The number of carbonyl (C=O) groups is 1. The molecule has 1 aliphatic rings. The van der Waals surface area contributed by atoms with Gasteiger partial charge in [0.25, 0.3) is 0 Å².